The lowest BCUT2D eigenvalue weighted by Crippen LogP contribution is -2.39. The van der Waals surface area contributed by atoms with Gasteiger partial charge in [0.1, 0.15) is 5.60 Å². The van der Waals surface area contributed by atoms with E-state index in [-0.39, 0.29) is 12.1 Å². The Labute approximate surface area is 222 Å². The molecule has 8 heteroatoms. The fourth-order valence-corrected chi connectivity index (χ4v) is 5.48. The number of benzene rings is 2. The second-order valence-electron chi connectivity index (χ2n) is 11.2. The predicted molar refractivity (Wildman–Crippen MR) is 150 cm³/mol. The molecule has 1 unspecified atom stereocenters. The number of aromatic amines is 1. The van der Waals surface area contributed by atoms with Crippen molar-refractivity contribution >= 4 is 28.3 Å². The number of hydrogen-bond acceptors (Lipinski definition) is 5. The zero-order valence-corrected chi connectivity index (χ0v) is 22.4. The Balaban J connectivity index is 1.32. The van der Waals surface area contributed by atoms with Crippen molar-refractivity contribution in [3.05, 3.63) is 71.6 Å². The van der Waals surface area contributed by atoms with Gasteiger partial charge in [0.25, 0.3) is 0 Å². The average Bonchev–Trinajstić information content (AvgIpc) is 3.47. The first kappa shape index (κ1) is 24.3. The number of rotatable bonds is 3. The van der Waals surface area contributed by atoms with Crippen molar-refractivity contribution in [2.24, 2.45) is 0 Å². The van der Waals surface area contributed by atoms with Crippen LogP contribution in [0.2, 0.25) is 0 Å². The average molecular weight is 511 g/mol. The molecule has 0 spiro atoms. The second kappa shape index (κ2) is 9.35. The molecule has 8 nitrogen and oxygen atoms in total. The lowest BCUT2D eigenvalue weighted by Gasteiger charge is -2.30. The van der Waals surface area contributed by atoms with Crippen LogP contribution in [0.15, 0.2) is 54.7 Å². The molecule has 2 aliphatic heterocycles. The molecule has 2 N–H and O–H groups in total. The van der Waals surface area contributed by atoms with E-state index in [0.29, 0.717) is 13.1 Å². The maximum Gasteiger partial charge on any atom is 0.410 e. The van der Waals surface area contributed by atoms with Gasteiger partial charge in [0.2, 0.25) is 0 Å². The van der Waals surface area contributed by atoms with Crippen molar-refractivity contribution in [3.63, 3.8) is 0 Å². The van der Waals surface area contributed by atoms with Gasteiger partial charge in [-0.1, -0.05) is 29.5 Å². The van der Waals surface area contributed by atoms with Gasteiger partial charge < -0.3 is 19.9 Å². The van der Waals surface area contributed by atoms with Gasteiger partial charge in [0.05, 0.1) is 17.4 Å². The smallest absolute Gasteiger partial charge is 0.410 e. The number of amides is 1. The van der Waals surface area contributed by atoms with Gasteiger partial charge in [-0.3, -0.25) is 0 Å². The van der Waals surface area contributed by atoms with Gasteiger partial charge in [-0.25, -0.2) is 9.48 Å². The largest absolute Gasteiger partial charge is 0.444 e. The minimum absolute atomic E-state index is 0.112. The Morgan fingerprint density at radius 1 is 1.13 bits per heavy atom. The molecule has 0 saturated carbocycles. The van der Waals surface area contributed by atoms with E-state index in [2.05, 4.69) is 69.2 Å². The summed E-state index contributed by atoms with van der Waals surface area (Å²) in [5.74, 6) is 0. The number of anilines is 1. The van der Waals surface area contributed by atoms with E-state index >= 15 is 0 Å². The summed E-state index contributed by atoms with van der Waals surface area (Å²) in [6.45, 7) is 9.70. The normalized spacial score (nSPS) is 17.4. The molecular weight excluding hydrogens is 476 g/mol. The topological polar surface area (TPSA) is 88.1 Å². The molecule has 0 saturated heterocycles. The van der Waals surface area contributed by atoms with Crippen LogP contribution in [0, 0.1) is 6.92 Å². The molecule has 2 aromatic heterocycles. The summed E-state index contributed by atoms with van der Waals surface area (Å²) in [6, 6.07) is 15.4. The summed E-state index contributed by atoms with van der Waals surface area (Å²) >= 11 is 0. The molecule has 196 valence electrons. The van der Waals surface area contributed by atoms with Crippen LogP contribution in [0.25, 0.3) is 27.7 Å². The highest BCUT2D eigenvalue weighted by Gasteiger charge is 2.27. The zero-order valence-electron chi connectivity index (χ0n) is 22.4. The molecule has 0 radical (unpaired) electrons. The minimum atomic E-state index is -0.495. The monoisotopic (exact) mass is 510 g/mol. The highest BCUT2D eigenvalue weighted by atomic mass is 16.6. The van der Waals surface area contributed by atoms with Crippen LogP contribution in [-0.4, -0.2) is 49.7 Å². The third-order valence-corrected chi connectivity index (χ3v) is 7.34. The predicted octanol–water partition coefficient (Wildman–Crippen LogP) is 6.32. The first-order valence-corrected chi connectivity index (χ1v) is 13.3. The zero-order chi connectivity index (χ0) is 26.4. The maximum absolute atomic E-state index is 12.5. The van der Waals surface area contributed by atoms with Gasteiger partial charge in [-0.15, -0.1) is 5.10 Å². The molecular formula is C30H34N6O2. The molecule has 0 bridgehead atoms. The van der Waals surface area contributed by atoms with E-state index < -0.39 is 5.60 Å². The lowest BCUT2D eigenvalue weighted by molar-refractivity contribution is 0.0270. The summed E-state index contributed by atoms with van der Waals surface area (Å²) in [5, 5.41) is 13.8. The van der Waals surface area contributed by atoms with E-state index in [1.807, 2.05) is 38.6 Å². The number of carbonyl (C=O) groups is 1. The highest BCUT2D eigenvalue weighted by molar-refractivity contribution is 5.83. The molecule has 2 aromatic carbocycles. The van der Waals surface area contributed by atoms with E-state index in [1.54, 1.807) is 4.90 Å². The number of ether oxygens (including phenoxy) is 1. The van der Waals surface area contributed by atoms with E-state index in [1.165, 1.54) is 27.6 Å². The van der Waals surface area contributed by atoms with Crippen LogP contribution >= 0.6 is 0 Å². The van der Waals surface area contributed by atoms with Gasteiger partial charge in [-0.05, 0) is 86.9 Å². The Morgan fingerprint density at radius 2 is 2.00 bits per heavy atom. The number of aromatic nitrogens is 4. The Morgan fingerprint density at radius 3 is 2.79 bits per heavy atom. The number of H-pyrrole nitrogens is 1. The molecule has 6 rings (SSSR count). The second-order valence-corrected chi connectivity index (χ2v) is 11.2. The summed E-state index contributed by atoms with van der Waals surface area (Å²) in [7, 11) is 0. The standard InChI is InChI=1S/C30H34N6O2/c1-19-28-24-8-6-22(20-10-14-35(15-11-20)29(37)38-30(2,3)4)17-25(24)26(12-16-36(28)34-33-19)32-23-7-5-21-9-13-31-27(21)18-23/h5-10,13,17-18,26,31-32H,11-12,14-16H2,1-4H3. The summed E-state index contributed by atoms with van der Waals surface area (Å²) < 4.78 is 7.60. The van der Waals surface area contributed by atoms with E-state index in [4.69, 9.17) is 4.74 Å². The number of aryl methyl sites for hydroxylation is 2. The number of hydrogen-bond donors (Lipinski definition) is 2. The van der Waals surface area contributed by atoms with Crippen LogP contribution in [0.5, 0.6) is 0 Å². The first-order valence-electron chi connectivity index (χ1n) is 13.3. The van der Waals surface area contributed by atoms with Crippen molar-refractivity contribution in [1.29, 1.82) is 0 Å². The summed E-state index contributed by atoms with van der Waals surface area (Å²) in [5.41, 5.74) is 8.59. The van der Waals surface area contributed by atoms with Crippen LogP contribution in [0.1, 0.15) is 56.5 Å². The number of nitrogens with zero attached hydrogens (tertiary/aromatic N) is 4. The van der Waals surface area contributed by atoms with Crippen molar-refractivity contribution in [2.75, 3.05) is 18.4 Å². The maximum atomic E-state index is 12.5. The van der Waals surface area contributed by atoms with Crippen molar-refractivity contribution < 1.29 is 9.53 Å². The van der Waals surface area contributed by atoms with Crippen LogP contribution in [0.3, 0.4) is 0 Å². The molecule has 38 heavy (non-hydrogen) atoms. The number of carbonyl (C=O) groups excluding carboxylic acids is 1. The van der Waals surface area contributed by atoms with Gasteiger partial charge in [-0.2, -0.15) is 0 Å². The molecule has 1 amide bonds. The van der Waals surface area contributed by atoms with Crippen LogP contribution in [0.4, 0.5) is 10.5 Å². The molecule has 1 atom stereocenters. The van der Waals surface area contributed by atoms with Crippen LogP contribution < -0.4 is 5.32 Å². The minimum Gasteiger partial charge on any atom is -0.444 e. The molecule has 0 aliphatic carbocycles. The molecule has 2 aliphatic rings. The quantitative estimate of drug-likeness (QED) is 0.337. The SMILES string of the molecule is Cc1nnn2c1-c1ccc(C3=CCN(C(=O)OC(C)(C)C)CC3)cc1C(Nc1ccc3cc[nH]c3c1)CC2. The third-order valence-electron chi connectivity index (χ3n) is 7.34. The van der Waals surface area contributed by atoms with Gasteiger partial charge in [0.15, 0.2) is 0 Å². The number of nitrogens with one attached hydrogen (secondary N) is 2. The Bertz CT molecular complexity index is 1540. The highest BCUT2D eigenvalue weighted by Crippen LogP contribution is 2.39. The third kappa shape index (κ3) is 4.66. The van der Waals surface area contributed by atoms with E-state index in [0.717, 1.165) is 42.0 Å². The fraction of sp³-hybridized carbons (Fsp3) is 0.367. The van der Waals surface area contributed by atoms with Crippen molar-refractivity contribution in [1.82, 2.24) is 24.9 Å². The molecule has 4 aromatic rings. The molecule has 0 fully saturated rings. The Kier molecular flexibility index (Phi) is 5.97. The van der Waals surface area contributed by atoms with Crippen molar-refractivity contribution in [2.45, 2.75) is 58.7 Å². The van der Waals surface area contributed by atoms with Gasteiger partial charge >= 0.3 is 6.09 Å². The van der Waals surface area contributed by atoms with Crippen molar-refractivity contribution in [3.8, 4) is 11.3 Å². The Hall–Kier alpha value is -4.07. The fourth-order valence-electron chi connectivity index (χ4n) is 5.48. The summed E-state index contributed by atoms with van der Waals surface area (Å²) in [4.78, 5) is 17.6. The van der Waals surface area contributed by atoms with Gasteiger partial charge in [0, 0.05) is 42.6 Å². The van der Waals surface area contributed by atoms with E-state index in [9.17, 15) is 4.79 Å². The first-order chi connectivity index (χ1) is 18.2. The molecule has 4 heterocycles. The lowest BCUT2D eigenvalue weighted by atomic mass is 9.90. The summed E-state index contributed by atoms with van der Waals surface area (Å²) in [6.07, 6.45) is 5.55. The number of fused-ring (bicyclic) bond motifs is 4. The van der Waals surface area contributed by atoms with Crippen LogP contribution in [-0.2, 0) is 11.3 Å².